The van der Waals surface area contributed by atoms with Crippen LogP contribution in [0, 0.1) is 5.82 Å². The molecule has 5 nitrogen and oxygen atoms in total. The lowest BCUT2D eigenvalue weighted by Crippen LogP contribution is -2.45. The second kappa shape index (κ2) is 7.09. The number of hydrogen-bond donors (Lipinski definition) is 2. The van der Waals surface area contributed by atoms with Gasteiger partial charge in [0.1, 0.15) is 11.9 Å². The number of hydrogen-bond acceptors (Lipinski definition) is 3. The maximum Gasteiger partial charge on any atom is 0.253 e. The molecule has 3 aromatic rings. The van der Waals surface area contributed by atoms with Gasteiger partial charge < -0.3 is 11.1 Å². The molecule has 0 aliphatic rings. The van der Waals surface area contributed by atoms with Gasteiger partial charge in [-0.1, -0.05) is 30.3 Å². The first-order valence-electron chi connectivity index (χ1n) is 7.72. The minimum Gasteiger partial charge on any atom is -0.368 e. The first-order valence-corrected chi connectivity index (χ1v) is 7.72. The number of carbonyl (C=O) groups is 2. The Morgan fingerprint density at radius 2 is 1.84 bits per heavy atom. The standard InChI is InChI=1S/C19H16FN3O2/c20-15-7-5-12(6-8-15)9-17(18(21)24)23-19(25)14-10-13-3-1-2-4-16(13)22-11-14/h1-8,10-11,17H,9H2,(H2,21,24)(H,23,25)/t17-/m1/s1. The molecular weight excluding hydrogens is 321 g/mol. The van der Waals surface area contributed by atoms with Crippen molar-refractivity contribution in [2.45, 2.75) is 12.5 Å². The van der Waals surface area contributed by atoms with Crippen LogP contribution in [0.3, 0.4) is 0 Å². The van der Waals surface area contributed by atoms with E-state index in [4.69, 9.17) is 5.73 Å². The van der Waals surface area contributed by atoms with E-state index in [0.29, 0.717) is 11.1 Å². The number of pyridine rings is 1. The number of aromatic nitrogens is 1. The highest BCUT2D eigenvalue weighted by atomic mass is 19.1. The summed E-state index contributed by atoms with van der Waals surface area (Å²) in [6.07, 6.45) is 1.63. The molecule has 0 bridgehead atoms. The van der Waals surface area contributed by atoms with Gasteiger partial charge in [0.2, 0.25) is 5.91 Å². The summed E-state index contributed by atoms with van der Waals surface area (Å²) in [5, 5.41) is 3.44. The monoisotopic (exact) mass is 337 g/mol. The quantitative estimate of drug-likeness (QED) is 0.748. The van der Waals surface area contributed by atoms with Crippen molar-refractivity contribution in [2.24, 2.45) is 5.73 Å². The third-order valence-electron chi connectivity index (χ3n) is 3.85. The van der Waals surface area contributed by atoms with E-state index in [9.17, 15) is 14.0 Å². The second-order valence-corrected chi connectivity index (χ2v) is 5.68. The molecule has 0 radical (unpaired) electrons. The maximum absolute atomic E-state index is 13.0. The van der Waals surface area contributed by atoms with Gasteiger partial charge in [0.15, 0.2) is 0 Å². The second-order valence-electron chi connectivity index (χ2n) is 5.68. The van der Waals surface area contributed by atoms with Gasteiger partial charge >= 0.3 is 0 Å². The number of amides is 2. The van der Waals surface area contributed by atoms with Crippen molar-refractivity contribution in [3.63, 3.8) is 0 Å². The molecule has 25 heavy (non-hydrogen) atoms. The molecule has 2 amide bonds. The average molecular weight is 337 g/mol. The number of nitrogens with two attached hydrogens (primary N) is 1. The SMILES string of the molecule is NC(=O)[C@@H](Cc1ccc(F)cc1)NC(=O)c1cnc2ccccc2c1. The first-order chi connectivity index (χ1) is 12.0. The molecule has 0 saturated carbocycles. The molecule has 2 aromatic carbocycles. The molecule has 0 unspecified atom stereocenters. The van der Waals surface area contributed by atoms with E-state index >= 15 is 0 Å². The normalized spacial score (nSPS) is 11.9. The van der Waals surface area contributed by atoms with Gasteiger partial charge in [0, 0.05) is 18.0 Å². The molecule has 0 spiro atoms. The predicted octanol–water partition coefficient (Wildman–Crippen LogP) is 2.20. The number of fused-ring (bicyclic) bond motifs is 1. The van der Waals surface area contributed by atoms with Gasteiger partial charge in [-0.3, -0.25) is 14.6 Å². The van der Waals surface area contributed by atoms with E-state index in [2.05, 4.69) is 10.3 Å². The molecule has 126 valence electrons. The van der Waals surface area contributed by atoms with Gasteiger partial charge in [-0.05, 0) is 29.8 Å². The summed E-state index contributed by atoms with van der Waals surface area (Å²) in [6.45, 7) is 0. The number of para-hydroxylation sites is 1. The Kier molecular flexibility index (Phi) is 4.70. The lowest BCUT2D eigenvalue weighted by Gasteiger charge is -2.15. The van der Waals surface area contributed by atoms with Gasteiger partial charge in [-0.2, -0.15) is 0 Å². The molecule has 1 heterocycles. The zero-order chi connectivity index (χ0) is 17.8. The zero-order valence-corrected chi connectivity index (χ0v) is 13.3. The van der Waals surface area contributed by atoms with Crippen LogP contribution in [0.15, 0.2) is 60.8 Å². The largest absolute Gasteiger partial charge is 0.368 e. The zero-order valence-electron chi connectivity index (χ0n) is 13.3. The summed E-state index contributed by atoms with van der Waals surface area (Å²) in [4.78, 5) is 28.3. The van der Waals surface area contributed by atoms with Crippen molar-refractivity contribution in [2.75, 3.05) is 0 Å². The van der Waals surface area contributed by atoms with Crippen LogP contribution in [0.4, 0.5) is 4.39 Å². The van der Waals surface area contributed by atoms with Crippen molar-refractivity contribution in [3.05, 3.63) is 77.7 Å². The summed E-state index contributed by atoms with van der Waals surface area (Å²) in [5.41, 5.74) is 7.20. The Balaban J connectivity index is 1.77. The fourth-order valence-electron chi connectivity index (χ4n) is 2.52. The fourth-order valence-corrected chi connectivity index (χ4v) is 2.52. The molecule has 0 aliphatic carbocycles. The number of carbonyl (C=O) groups excluding carboxylic acids is 2. The number of nitrogens with one attached hydrogen (secondary N) is 1. The molecule has 6 heteroatoms. The molecule has 0 aliphatic heterocycles. The molecule has 1 aromatic heterocycles. The fraction of sp³-hybridized carbons (Fsp3) is 0.105. The molecule has 0 fully saturated rings. The Labute approximate surface area is 143 Å². The maximum atomic E-state index is 13.0. The Morgan fingerprint density at radius 3 is 2.56 bits per heavy atom. The van der Waals surface area contributed by atoms with E-state index in [1.54, 1.807) is 18.2 Å². The van der Waals surface area contributed by atoms with Crippen LogP contribution in [0.5, 0.6) is 0 Å². The summed E-state index contributed by atoms with van der Waals surface area (Å²) < 4.78 is 13.0. The number of benzene rings is 2. The summed E-state index contributed by atoms with van der Waals surface area (Å²) in [6, 6.07) is 13.9. The highest BCUT2D eigenvalue weighted by Gasteiger charge is 2.20. The van der Waals surface area contributed by atoms with Crippen LogP contribution >= 0.6 is 0 Å². The number of halogens is 1. The lowest BCUT2D eigenvalue weighted by molar-refractivity contribution is -0.119. The van der Waals surface area contributed by atoms with E-state index in [1.165, 1.54) is 18.3 Å². The summed E-state index contributed by atoms with van der Waals surface area (Å²) in [5.74, 6) is -1.47. The van der Waals surface area contributed by atoms with E-state index < -0.39 is 17.9 Å². The van der Waals surface area contributed by atoms with Crippen LogP contribution < -0.4 is 11.1 Å². The van der Waals surface area contributed by atoms with Crippen molar-refractivity contribution in [1.29, 1.82) is 0 Å². The van der Waals surface area contributed by atoms with Crippen molar-refractivity contribution < 1.29 is 14.0 Å². The van der Waals surface area contributed by atoms with Crippen LogP contribution in [0.2, 0.25) is 0 Å². The predicted molar refractivity (Wildman–Crippen MR) is 92.3 cm³/mol. The first kappa shape index (κ1) is 16.6. The van der Waals surface area contributed by atoms with Crippen molar-refractivity contribution in [3.8, 4) is 0 Å². The van der Waals surface area contributed by atoms with E-state index in [-0.39, 0.29) is 12.2 Å². The van der Waals surface area contributed by atoms with Crippen LogP contribution in [-0.4, -0.2) is 22.8 Å². The van der Waals surface area contributed by atoms with Gasteiger partial charge in [0.25, 0.3) is 5.91 Å². The molecule has 3 N–H and O–H groups in total. The number of nitrogens with zero attached hydrogens (tertiary/aromatic N) is 1. The molecule has 1 atom stereocenters. The topological polar surface area (TPSA) is 85.1 Å². The molecular formula is C19H16FN3O2. The molecule has 0 saturated heterocycles. The Hall–Kier alpha value is -3.28. The third-order valence-corrected chi connectivity index (χ3v) is 3.85. The van der Waals surface area contributed by atoms with E-state index in [0.717, 1.165) is 10.9 Å². The van der Waals surface area contributed by atoms with Gasteiger partial charge in [-0.25, -0.2) is 4.39 Å². The number of rotatable bonds is 5. The van der Waals surface area contributed by atoms with Crippen LogP contribution in [-0.2, 0) is 11.2 Å². The number of primary amides is 1. The van der Waals surface area contributed by atoms with Crippen molar-refractivity contribution in [1.82, 2.24) is 10.3 Å². The molecule has 3 rings (SSSR count). The highest BCUT2D eigenvalue weighted by Crippen LogP contribution is 2.13. The lowest BCUT2D eigenvalue weighted by atomic mass is 10.0. The smallest absolute Gasteiger partial charge is 0.253 e. The Morgan fingerprint density at radius 1 is 1.12 bits per heavy atom. The minimum atomic E-state index is -0.899. The van der Waals surface area contributed by atoms with Crippen molar-refractivity contribution >= 4 is 22.7 Å². The van der Waals surface area contributed by atoms with Gasteiger partial charge in [0.05, 0.1) is 11.1 Å². The average Bonchev–Trinajstić information content (AvgIpc) is 2.62. The van der Waals surface area contributed by atoms with Crippen LogP contribution in [0.25, 0.3) is 10.9 Å². The van der Waals surface area contributed by atoms with Gasteiger partial charge in [-0.15, -0.1) is 0 Å². The minimum absolute atomic E-state index is 0.183. The van der Waals surface area contributed by atoms with E-state index in [1.807, 2.05) is 24.3 Å². The highest BCUT2D eigenvalue weighted by molar-refractivity contribution is 5.99. The Bertz CT molecular complexity index is 925. The summed E-state index contributed by atoms with van der Waals surface area (Å²) >= 11 is 0. The van der Waals surface area contributed by atoms with Crippen LogP contribution in [0.1, 0.15) is 15.9 Å². The third kappa shape index (κ3) is 3.98. The summed E-state index contributed by atoms with van der Waals surface area (Å²) in [7, 11) is 0.